The quantitative estimate of drug-likeness (QED) is 0.148. The summed E-state index contributed by atoms with van der Waals surface area (Å²) in [5.41, 5.74) is 15.4. The Kier molecular flexibility index (Phi) is 9.15. The summed E-state index contributed by atoms with van der Waals surface area (Å²) < 4.78 is 2.27. The molecule has 0 aliphatic heterocycles. The van der Waals surface area contributed by atoms with E-state index in [1.165, 1.54) is 16.5 Å². The van der Waals surface area contributed by atoms with Crippen molar-refractivity contribution in [3.63, 3.8) is 0 Å². The smallest absolute Gasteiger partial charge is 0.156 e. The minimum atomic E-state index is 0.437. The van der Waals surface area contributed by atoms with Crippen molar-refractivity contribution in [2.45, 2.75) is 13.3 Å². The summed E-state index contributed by atoms with van der Waals surface area (Å²) in [7, 11) is 1.80. The lowest BCUT2D eigenvalue weighted by molar-refractivity contribution is 0.743. The van der Waals surface area contributed by atoms with Crippen LogP contribution < -0.4 is 0 Å². The molecule has 6 aromatic carbocycles. The van der Waals surface area contributed by atoms with E-state index in [-0.39, 0.29) is 0 Å². The highest BCUT2D eigenvalue weighted by atomic mass is 15.0. The second kappa shape index (κ2) is 14.8. The molecule has 9 rings (SSSR count). The Morgan fingerprint density at radius 2 is 1.24 bits per heavy atom. The van der Waals surface area contributed by atoms with Crippen LogP contribution >= 0.6 is 0 Å². The minimum absolute atomic E-state index is 0.437. The molecule has 2 heterocycles. The van der Waals surface area contributed by atoms with Crippen LogP contribution in [0.5, 0.6) is 0 Å². The lowest BCUT2D eigenvalue weighted by Crippen LogP contribution is -2.04. The number of hydrogen-bond acceptors (Lipinski definition) is 3. The first kappa shape index (κ1) is 33.9. The fraction of sp³-hybridized carbons (Fsp3) is 0.0784. The fourth-order valence-corrected chi connectivity index (χ4v) is 7.58. The van der Waals surface area contributed by atoms with Gasteiger partial charge in [0.1, 0.15) is 0 Å². The van der Waals surface area contributed by atoms with Gasteiger partial charge in [-0.25, -0.2) is 9.97 Å². The predicted molar refractivity (Wildman–Crippen MR) is 230 cm³/mol. The van der Waals surface area contributed by atoms with Crippen molar-refractivity contribution in [3.05, 3.63) is 194 Å². The van der Waals surface area contributed by atoms with Gasteiger partial charge in [0.2, 0.25) is 0 Å². The fourth-order valence-electron chi connectivity index (χ4n) is 7.58. The molecule has 2 aromatic heterocycles. The number of nitrogens with zero attached hydrogens (tertiary/aromatic N) is 4. The maximum atomic E-state index is 5.26. The third-order valence-electron chi connectivity index (χ3n) is 10.3. The minimum Gasteiger partial charge on any atom is -0.317 e. The van der Waals surface area contributed by atoms with E-state index in [0.717, 1.165) is 79.4 Å². The third kappa shape index (κ3) is 7.10. The molecule has 8 aromatic rings. The van der Waals surface area contributed by atoms with E-state index in [2.05, 4.69) is 193 Å². The normalized spacial score (nSPS) is 14.1. The molecule has 55 heavy (non-hydrogen) atoms. The highest BCUT2D eigenvalue weighted by Crippen LogP contribution is 2.37. The molecule has 4 nitrogen and oxygen atoms in total. The first-order valence-electron chi connectivity index (χ1n) is 18.9. The van der Waals surface area contributed by atoms with Crippen molar-refractivity contribution in [1.29, 1.82) is 0 Å². The van der Waals surface area contributed by atoms with E-state index in [0.29, 0.717) is 5.92 Å². The first-order chi connectivity index (χ1) is 27.1. The van der Waals surface area contributed by atoms with Crippen LogP contribution in [0, 0.1) is 5.92 Å². The maximum absolute atomic E-state index is 5.26. The second-order valence-corrected chi connectivity index (χ2v) is 14.3. The second-order valence-electron chi connectivity index (χ2n) is 14.3. The van der Waals surface area contributed by atoms with Crippen LogP contribution in [0.2, 0.25) is 0 Å². The van der Waals surface area contributed by atoms with Gasteiger partial charge in [0, 0.05) is 41.7 Å². The van der Waals surface area contributed by atoms with Gasteiger partial charge in [-0.2, -0.15) is 0 Å². The molecule has 1 aliphatic rings. The van der Waals surface area contributed by atoms with Gasteiger partial charge in [-0.3, -0.25) is 4.99 Å². The van der Waals surface area contributed by atoms with Crippen molar-refractivity contribution in [2.24, 2.45) is 10.9 Å². The molecular formula is C51H40N4. The van der Waals surface area contributed by atoms with Crippen molar-refractivity contribution >= 4 is 22.7 Å². The number of rotatable bonds is 8. The standard InChI is InChI=1S/C51H40N4/c1-35-12-9-20-43(26-35)51-53-48(38-16-7-4-8-17-38)33-49(54-51)46-30-44(37-14-5-3-6-15-37)29-45(31-46)41-22-23-50-42(28-41)24-25-55(50)47-21-11-19-40(32-47)39-18-10-13-36(27-39)34-52-2/h3-25,27-35H,26H2,1-2H3. The van der Waals surface area contributed by atoms with Crippen LogP contribution in [0.3, 0.4) is 0 Å². The van der Waals surface area contributed by atoms with Crippen molar-refractivity contribution in [1.82, 2.24) is 14.5 Å². The molecule has 1 aliphatic carbocycles. The van der Waals surface area contributed by atoms with Crippen LogP contribution in [0.1, 0.15) is 24.7 Å². The van der Waals surface area contributed by atoms with Crippen LogP contribution in [0.4, 0.5) is 0 Å². The van der Waals surface area contributed by atoms with Crippen molar-refractivity contribution in [3.8, 4) is 61.6 Å². The molecule has 0 fully saturated rings. The lowest BCUT2D eigenvalue weighted by atomic mass is 9.93. The van der Waals surface area contributed by atoms with Crippen LogP contribution in [-0.2, 0) is 0 Å². The number of benzene rings is 6. The SMILES string of the molecule is CN=Cc1cccc(-c2cccc(-n3ccc4cc(-c5cc(-c6ccccc6)cc(-c6cc(-c7ccccc7)nc(C7=CC=CC(C)C7)n6)c5)ccc43)c2)c1. The third-order valence-corrected chi connectivity index (χ3v) is 10.3. The molecule has 0 spiro atoms. The zero-order chi connectivity index (χ0) is 37.1. The van der Waals surface area contributed by atoms with E-state index in [1.54, 1.807) is 7.05 Å². The Labute approximate surface area is 322 Å². The Morgan fingerprint density at radius 3 is 2.00 bits per heavy atom. The van der Waals surface area contributed by atoms with Crippen molar-refractivity contribution < 1.29 is 0 Å². The molecule has 0 amide bonds. The number of allylic oxidation sites excluding steroid dienone is 4. The molecule has 0 saturated carbocycles. The molecule has 0 saturated heterocycles. The molecule has 264 valence electrons. The maximum Gasteiger partial charge on any atom is 0.156 e. The summed E-state index contributed by atoms with van der Waals surface area (Å²) in [4.78, 5) is 14.6. The van der Waals surface area contributed by atoms with Gasteiger partial charge in [0.25, 0.3) is 0 Å². The lowest BCUT2D eigenvalue weighted by Gasteiger charge is -2.16. The summed E-state index contributed by atoms with van der Waals surface area (Å²) in [5, 5.41) is 1.18. The Balaban J connectivity index is 1.14. The zero-order valence-corrected chi connectivity index (χ0v) is 31.0. The summed E-state index contributed by atoms with van der Waals surface area (Å²) in [6, 6.07) is 56.2. The number of hydrogen-bond donors (Lipinski definition) is 0. The molecule has 4 heteroatoms. The van der Waals surface area contributed by atoms with Gasteiger partial charge in [-0.15, -0.1) is 0 Å². The van der Waals surface area contributed by atoms with Crippen LogP contribution in [-0.4, -0.2) is 27.8 Å². The predicted octanol–water partition coefficient (Wildman–Crippen LogP) is 12.8. The molecule has 0 radical (unpaired) electrons. The topological polar surface area (TPSA) is 43.1 Å². The van der Waals surface area contributed by atoms with Gasteiger partial charge in [-0.05, 0) is 118 Å². The van der Waals surface area contributed by atoms with Gasteiger partial charge in [-0.1, -0.05) is 122 Å². The molecule has 0 bridgehead atoms. The van der Waals surface area contributed by atoms with Crippen molar-refractivity contribution in [2.75, 3.05) is 7.05 Å². The average Bonchev–Trinajstić information content (AvgIpc) is 3.68. The van der Waals surface area contributed by atoms with Gasteiger partial charge in [0.15, 0.2) is 5.82 Å². The summed E-state index contributed by atoms with van der Waals surface area (Å²) >= 11 is 0. The number of aromatic nitrogens is 3. The van der Waals surface area contributed by atoms with E-state index < -0.39 is 0 Å². The Bertz CT molecular complexity index is 2750. The number of fused-ring (bicyclic) bond motifs is 1. The molecule has 1 atom stereocenters. The van der Waals surface area contributed by atoms with Crippen LogP contribution in [0.15, 0.2) is 187 Å². The van der Waals surface area contributed by atoms with E-state index in [4.69, 9.17) is 9.97 Å². The number of aliphatic imine (C=N–C) groups is 1. The monoisotopic (exact) mass is 708 g/mol. The summed E-state index contributed by atoms with van der Waals surface area (Å²) in [6.45, 7) is 2.24. The summed E-state index contributed by atoms with van der Waals surface area (Å²) in [5.74, 6) is 1.22. The van der Waals surface area contributed by atoms with Gasteiger partial charge in [0.05, 0.1) is 16.9 Å². The average molecular weight is 709 g/mol. The van der Waals surface area contributed by atoms with Gasteiger partial charge < -0.3 is 4.57 Å². The molecular weight excluding hydrogens is 669 g/mol. The largest absolute Gasteiger partial charge is 0.317 e. The van der Waals surface area contributed by atoms with Crippen LogP contribution in [0.25, 0.3) is 78.1 Å². The van der Waals surface area contributed by atoms with Gasteiger partial charge >= 0.3 is 0 Å². The highest BCUT2D eigenvalue weighted by molar-refractivity contribution is 5.90. The highest BCUT2D eigenvalue weighted by Gasteiger charge is 2.17. The van der Waals surface area contributed by atoms with E-state index >= 15 is 0 Å². The molecule has 1 unspecified atom stereocenters. The first-order valence-corrected chi connectivity index (χ1v) is 18.9. The summed E-state index contributed by atoms with van der Waals surface area (Å²) in [6.07, 6.45) is 11.5. The van der Waals surface area contributed by atoms with E-state index in [9.17, 15) is 0 Å². The Morgan fingerprint density at radius 1 is 0.582 bits per heavy atom. The molecule has 0 N–H and O–H groups in total. The van der Waals surface area contributed by atoms with E-state index in [1.807, 2.05) is 12.3 Å². The Hall–Kier alpha value is -6.91. The zero-order valence-electron chi connectivity index (χ0n) is 31.0.